The van der Waals surface area contributed by atoms with Crippen LogP contribution in [-0.2, 0) is 11.4 Å². The Balaban J connectivity index is 1.66. The molecule has 0 bridgehead atoms. The summed E-state index contributed by atoms with van der Waals surface area (Å²) in [5.74, 6) is 1.24. The van der Waals surface area contributed by atoms with E-state index in [9.17, 15) is 4.79 Å². The Kier molecular flexibility index (Phi) is 4.39. The molecule has 1 aliphatic rings. The zero-order valence-electron chi connectivity index (χ0n) is 14.3. The van der Waals surface area contributed by atoms with Crippen LogP contribution in [0, 0.1) is 6.92 Å². The number of hydrogen-bond acceptors (Lipinski definition) is 3. The van der Waals surface area contributed by atoms with Gasteiger partial charge in [-0.3, -0.25) is 9.89 Å². The van der Waals surface area contributed by atoms with Crippen molar-refractivity contribution < 1.29 is 9.53 Å². The van der Waals surface area contributed by atoms with Crippen LogP contribution in [0.2, 0.25) is 5.02 Å². The van der Waals surface area contributed by atoms with Crippen LogP contribution >= 0.6 is 11.6 Å². The molecule has 3 aromatic rings. The molecule has 1 atom stereocenters. The van der Waals surface area contributed by atoms with E-state index >= 15 is 0 Å². The van der Waals surface area contributed by atoms with E-state index in [2.05, 4.69) is 15.5 Å². The van der Waals surface area contributed by atoms with Crippen LogP contribution in [0.5, 0.6) is 5.75 Å². The lowest BCUT2D eigenvalue weighted by atomic mass is 9.85. The molecule has 2 aromatic carbocycles. The maximum atomic E-state index is 12.1. The molecule has 1 aliphatic heterocycles. The first-order valence-corrected chi connectivity index (χ1v) is 8.80. The van der Waals surface area contributed by atoms with Gasteiger partial charge in [-0.25, -0.2) is 0 Å². The van der Waals surface area contributed by atoms with Gasteiger partial charge in [0, 0.05) is 34.2 Å². The lowest BCUT2D eigenvalue weighted by Crippen LogP contribution is -2.23. The Morgan fingerprint density at radius 2 is 2.08 bits per heavy atom. The van der Waals surface area contributed by atoms with E-state index in [1.807, 2.05) is 55.5 Å². The number of carbonyl (C=O) groups excluding carboxylic acids is 1. The SMILES string of the molecule is Cc1[nH]nc2c1[C@H](c1ccccc1OCc1cccc(Cl)c1)CC(=O)N2. The molecule has 1 aromatic heterocycles. The largest absolute Gasteiger partial charge is 0.489 e. The van der Waals surface area contributed by atoms with E-state index in [-0.39, 0.29) is 11.8 Å². The highest BCUT2D eigenvalue weighted by Gasteiger charge is 2.32. The van der Waals surface area contributed by atoms with Crippen LogP contribution in [0.1, 0.15) is 34.7 Å². The summed E-state index contributed by atoms with van der Waals surface area (Å²) in [6.45, 7) is 2.37. The van der Waals surface area contributed by atoms with Gasteiger partial charge in [-0.15, -0.1) is 0 Å². The lowest BCUT2D eigenvalue weighted by Gasteiger charge is -2.25. The van der Waals surface area contributed by atoms with Gasteiger partial charge in [-0.05, 0) is 30.7 Å². The number of H-pyrrole nitrogens is 1. The second-order valence-corrected chi connectivity index (χ2v) is 6.81. The van der Waals surface area contributed by atoms with Crippen molar-refractivity contribution in [1.82, 2.24) is 10.2 Å². The summed E-state index contributed by atoms with van der Waals surface area (Å²) in [6, 6.07) is 15.4. The first-order chi connectivity index (χ1) is 12.6. The first-order valence-electron chi connectivity index (χ1n) is 8.42. The molecule has 1 amide bonds. The number of aryl methyl sites for hydroxylation is 1. The summed E-state index contributed by atoms with van der Waals surface area (Å²) in [5, 5.41) is 10.7. The van der Waals surface area contributed by atoms with Crippen molar-refractivity contribution in [3.8, 4) is 5.75 Å². The monoisotopic (exact) mass is 367 g/mol. The van der Waals surface area contributed by atoms with Crippen LogP contribution in [0.25, 0.3) is 0 Å². The highest BCUT2D eigenvalue weighted by atomic mass is 35.5. The molecule has 4 rings (SSSR count). The number of carbonyl (C=O) groups is 1. The van der Waals surface area contributed by atoms with Gasteiger partial charge in [0.25, 0.3) is 0 Å². The zero-order valence-corrected chi connectivity index (χ0v) is 15.0. The number of halogens is 1. The molecular weight excluding hydrogens is 350 g/mol. The average Bonchev–Trinajstić information content (AvgIpc) is 3.00. The van der Waals surface area contributed by atoms with E-state index in [0.717, 1.165) is 28.1 Å². The molecule has 0 aliphatic carbocycles. The number of aromatic amines is 1. The Morgan fingerprint density at radius 1 is 1.23 bits per heavy atom. The smallest absolute Gasteiger partial charge is 0.226 e. The van der Waals surface area contributed by atoms with E-state index in [1.165, 1.54) is 0 Å². The van der Waals surface area contributed by atoms with Gasteiger partial charge in [0.05, 0.1) is 0 Å². The molecule has 0 saturated carbocycles. The number of ether oxygens (including phenoxy) is 1. The van der Waals surface area contributed by atoms with Crippen molar-refractivity contribution in [1.29, 1.82) is 0 Å². The molecule has 0 radical (unpaired) electrons. The fourth-order valence-corrected chi connectivity index (χ4v) is 3.60. The van der Waals surface area contributed by atoms with Gasteiger partial charge in [0.15, 0.2) is 5.82 Å². The van der Waals surface area contributed by atoms with Crippen LogP contribution in [-0.4, -0.2) is 16.1 Å². The maximum Gasteiger partial charge on any atom is 0.226 e. The third-order valence-electron chi connectivity index (χ3n) is 4.57. The summed E-state index contributed by atoms with van der Waals surface area (Å²) >= 11 is 6.05. The molecular formula is C20H18ClN3O2. The van der Waals surface area contributed by atoms with Crippen molar-refractivity contribution in [3.63, 3.8) is 0 Å². The standard InChI is InChI=1S/C20H18ClN3O2/c1-12-19-16(10-18(25)22-20(19)24-23-12)15-7-2-3-8-17(15)26-11-13-5-4-6-14(21)9-13/h2-9,16H,10-11H2,1H3,(H2,22,23,24,25)/t16-/m0/s1. The summed E-state index contributed by atoms with van der Waals surface area (Å²) in [7, 11) is 0. The Morgan fingerprint density at radius 3 is 2.92 bits per heavy atom. The zero-order chi connectivity index (χ0) is 18.1. The predicted molar refractivity (Wildman–Crippen MR) is 101 cm³/mol. The van der Waals surface area contributed by atoms with Crippen LogP contribution < -0.4 is 10.1 Å². The number of nitrogens with zero attached hydrogens (tertiary/aromatic N) is 1. The molecule has 0 saturated heterocycles. The third-order valence-corrected chi connectivity index (χ3v) is 4.80. The molecule has 2 heterocycles. The molecule has 6 heteroatoms. The predicted octanol–water partition coefficient (Wildman–Crippen LogP) is 4.42. The number of aromatic nitrogens is 2. The average molecular weight is 368 g/mol. The summed E-state index contributed by atoms with van der Waals surface area (Å²) < 4.78 is 6.08. The number of fused-ring (bicyclic) bond motifs is 1. The topological polar surface area (TPSA) is 67.0 Å². The van der Waals surface area contributed by atoms with Crippen LogP contribution in [0.3, 0.4) is 0 Å². The molecule has 132 valence electrons. The molecule has 0 fully saturated rings. The fourth-order valence-electron chi connectivity index (χ4n) is 3.38. The third kappa shape index (κ3) is 3.18. The van der Waals surface area contributed by atoms with E-state index in [1.54, 1.807) is 0 Å². The van der Waals surface area contributed by atoms with Gasteiger partial charge in [0.2, 0.25) is 5.91 Å². The molecule has 5 nitrogen and oxygen atoms in total. The molecule has 0 unspecified atom stereocenters. The number of anilines is 1. The van der Waals surface area contributed by atoms with Gasteiger partial charge in [-0.2, -0.15) is 5.10 Å². The highest BCUT2D eigenvalue weighted by Crippen LogP contribution is 2.41. The van der Waals surface area contributed by atoms with Crippen molar-refractivity contribution in [2.75, 3.05) is 5.32 Å². The fraction of sp³-hybridized carbons (Fsp3) is 0.200. The maximum absolute atomic E-state index is 12.1. The van der Waals surface area contributed by atoms with Crippen molar-refractivity contribution in [2.24, 2.45) is 0 Å². The van der Waals surface area contributed by atoms with Gasteiger partial charge >= 0.3 is 0 Å². The Hall–Kier alpha value is -2.79. The number of rotatable bonds is 4. The van der Waals surface area contributed by atoms with Crippen molar-refractivity contribution in [2.45, 2.75) is 25.9 Å². The van der Waals surface area contributed by atoms with Gasteiger partial charge in [0.1, 0.15) is 12.4 Å². The van der Waals surface area contributed by atoms with Crippen molar-refractivity contribution >= 4 is 23.3 Å². The number of hydrogen-bond donors (Lipinski definition) is 2. The summed E-state index contributed by atoms with van der Waals surface area (Å²) in [4.78, 5) is 12.1. The molecule has 0 spiro atoms. The van der Waals surface area contributed by atoms with Crippen LogP contribution in [0.15, 0.2) is 48.5 Å². The second kappa shape index (κ2) is 6.84. The van der Waals surface area contributed by atoms with Crippen molar-refractivity contribution in [3.05, 3.63) is 75.9 Å². The lowest BCUT2D eigenvalue weighted by molar-refractivity contribution is -0.116. The minimum absolute atomic E-state index is 0.0429. The Bertz CT molecular complexity index is 967. The number of amides is 1. The number of para-hydroxylation sites is 1. The minimum atomic E-state index is -0.0898. The second-order valence-electron chi connectivity index (χ2n) is 6.37. The van der Waals surface area contributed by atoms with E-state index in [0.29, 0.717) is 23.9 Å². The number of nitrogens with one attached hydrogen (secondary N) is 2. The quantitative estimate of drug-likeness (QED) is 0.717. The van der Waals surface area contributed by atoms with Crippen LogP contribution in [0.4, 0.5) is 5.82 Å². The summed E-state index contributed by atoms with van der Waals surface area (Å²) in [6.07, 6.45) is 0.366. The molecule has 2 N–H and O–H groups in total. The Labute approximate surface area is 156 Å². The minimum Gasteiger partial charge on any atom is -0.489 e. The highest BCUT2D eigenvalue weighted by molar-refractivity contribution is 6.30. The number of benzene rings is 2. The first kappa shape index (κ1) is 16.7. The summed E-state index contributed by atoms with van der Waals surface area (Å²) in [5.41, 5.74) is 3.95. The normalized spacial score (nSPS) is 16.1. The van der Waals surface area contributed by atoms with Gasteiger partial charge in [-0.1, -0.05) is 41.9 Å². The van der Waals surface area contributed by atoms with E-state index in [4.69, 9.17) is 16.3 Å². The molecule has 26 heavy (non-hydrogen) atoms. The van der Waals surface area contributed by atoms with Gasteiger partial charge < -0.3 is 10.1 Å². The van der Waals surface area contributed by atoms with E-state index < -0.39 is 0 Å².